The van der Waals surface area contributed by atoms with Crippen LogP contribution in [0.4, 0.5) is 0 Å². The highest BCUT2D eigenvalue weighted by Crippen LogP contribution is 2.27. The van der Waals surface area contributed by atoms with E-state index in [0.29, 0.717) is 21.2 Å². The zero-order chi connectivity index (χ0) is 21.8. The molecule has 2 aromatic carbocycles. The first-order chi connectivity index (χ1) is 13.4. The summed E-state index contributed by atoms with van der Waals surface area (Å²) < 4.78 is 5.41. The summed E-state index contributed by atoms with van der Waals surface area (Å²) in [6, 6.07) is 10.8. The molecular weight excluding hydrogens is 417 g/mol. The monoisotopic (exact) mass is 439 g/mol. The fourth-order valence-corrected chi connectivity index (χ4v) is 3.20. The molecule has 0 bridgehead atoms. The maximum Gasteiger partial charge on any atom is 0.338 e. The van der Waals surface area contributed by atoms with Crippen LogP contribution in [0.25, 0.3) is 0 Å². The maximum atomic E-state index is 13.0. The van der Waals surface area contributed by atoms with Crippen molar-refractivity contribution < 1.29 is 24.5 Å². The molecule has 0 unspecified atom stereocenters. The summed E-state index contributed by atoms with van der Waals surface area (Å²) in [6.07, 6.45) is -0.209. The van der Waals surface area contributed by atoms with Crippen molar-refractivity contribution in [2.45, 2.75) is 44.9 Å². The van der Waals surface area contributed by atoms with Crippen LogP contribution in [0.15, 0.2) is 42.5 Å². The van der Waals surface area contributed by atoms with Gasteiger partial charge in [0.15, 0.2) is 0 Å². The third kappa shape index (κ3) is 5.85. The minimum atomic E-state index is -2.09. The maximum absolute atomic E-state index is 13.0. The van der Waals surface area contributed by atoms with Gasteiger partial charge in [0.25, 0.3) is 0 Å². The number of ether oxygens (including phenoxy) is 1. The number of nitrogens with one attached hydrogen (secondary N) is 1. The van der Waals surface area contributed by atoms with Crippen LogP contribution in [0.2, 0.25) is 10.0 Å². The first-order valence-electron chi connectivity index (χ1n) is 8.87. The van der Waals surface area contributed by atoms with E-state index in [1.807, 2.05) is 0 Å². The summed E-state index contributed by atoms with van der Waals surface area (Å²) >= 11 is 12.4. The zero-order valence-corrected chi connectivity index (χ0v) is 17.8. The minimum absolute atomic E-state index is 0.0303. The number of carbonyl (C=O) groups is 2. The second-order valence-corrected chi connectivity index (χ2v) is 8.42. The van der Waals surface area contributed by atoms with Crippen molar-refractivity contribution in [3.63, 3.8) is 0 Å². The topological polar surface area (TPSA) is 95.9 Å². The second kappa shape index (κ2) is 9.03. The lowest BCUT2D eigenvalue weighted by Gasteiger charge is -2.32. The van der Waals surface area contributed by atoms with Crippen LogP contribution in [-0.4, -0.2) is 33.3 Å². The van der Waals surface area contributed by atoms with E-state index in [1.165, 1.54) is 12.1 Å². The molecule has 0 saturated carbocycles. The average Bonchev–Trinajstić information content (AvgIpc) is 2.60. The van der Waals surface area contributed by atoms with Crippen molar-refractivity contribution in [3.8, 4) is 5.75 Å². The van der Waals surface area contributed by atoms with E-state index in [9.17, 15) is 19.8 Å². The fraction of sp³-hybridized carbons (Fsp3) is 0.333. The van der Waals surface area contributed by atoms with E-state index in [2.05, 4.69) is 5.32 Å². The molecule has 0 aromatic heterocycles. The van der Waals surface area contributed by atoms with Gasteiger partial charge in [-0.1, -0.05) is 41.4 Å². The number of halogens is 2. The molecule has 0 heterocycles. The van der Waals surface area contributed by atoms with Crippen molar-refractivity contribution in [1.82, 2.24) is 5.32 Å². The molecule has 3 N–H and O–H groups in total. The van der Waals surface area contributed by atoms with Gasteiger partial charge in [0.1, 0.15) is 11.4 Å². The number of aliphatic carboxylic acids is 1. The number of rotatable bonds is 7. The minimum Gasteiger partial charge on any atom is -0.508 e. The number of phenols is 1. The highest BCUT2D eigenvalue weighted by Gasteiger charge is 2.49. The predicted octanol–water partition coefficient (Wildman–Crippen LogP) is 4.20. The van der Waals surface area contributed by atoms with Gasteiger partial charge in [0.05, 0.1) is 0 Å². The molecule has 0 aliphatic heterocycles. The average molecular weight is 440 g/mol. The van der Waals surface area contributed by atoms with Crippen molar-refractivity contribution in [2.24, 2.45) is 0 Å². The van der Waals surface area contributed by atoms with Crippen LogP contribution in [-0.2, 0) is 27.3 Å². The smallest absolute Gasteiger partial charge is 0.338 e. The number of hydrogen-bond donors (Lipinski definition) is 3. The molecule has 0 amide bonds. The Morgan fingerprint density at radius 3 is 2.07 bits per heavy atom. The van der Waals surface area contributed by atoms with E-state index in [-0.39, 0.29) is 18.7 Å². The Kier molecular flexibility index (Phi) is 7.16. The molecule has 0 saturated heterocycles. The lowest BCUT2D eigenvalue weighted by molar-refractivity contribution is -0.171. The third-order valence-electron chi connectivity index (χ3n) is 4.15. The number of aromatic hydroxyl groups is 1. The molecular formula is C21H23Cl2NO5. The molecule has 0 aliphatic rings. The van der Waals surface area contributed by atoms with Crippen molar-refractivity contribution >= 4 is 35.1 Å². The van der Waals surface area contributed by atoms with Crippen molar-refractivity contribution in [3.05, 3.63) is 63.6 Å². The highest BCUT2D eigenvalue weighted by molar-refractivity contribution is 6.36. The molecule has 6 nitrogen and oxygen atoms in total. The quantitative estimate of drug-likeness (QED) is 0.441. The molecule has 2 aromatic rings. The number of benzene rings is 2. The highest BCUT2D eigenvalue weighted by atomic mass is 35.5. The Balaban J connectivity index is 2.45. The molecule has 8 heteroatoms. The van der Waals surface area contributed by atoms with Crippen LogP contribution in [0.1, 0.15) is 31.9 Å². The molecule has 156 valence electrons. The SMILES string of the molecule is CC(C)(C)OC(=O)[C@@](Cc1ccc(O)cc1)(NCc1c(Cl)cccc1Cl)C(=O)O. The van der Waals surface area contributed by atoms with Crippen molar-refractivity contribution in [1.29, 1.82) is 0 Å². The predicted molar refractivity (Wildman–Crippen MR) is 111 cm³/mol. The summed E-state index contributed by atoms with van der Waals surface area (Å²) in [5, 5.41) is 23.0. The Labute approximate surface area is 179 Å². The van der Waals surface area contributed by atoms with E-state index >= 15 is 0 Å². The van der Waals surface area contributed by atoms with Crippen LogP contribution in [0, 0.1) is 0 Å². The molecule has 0 fully saturated rings. The van der Waals surface area contributed by atoms with Gasteiger partial charge in [-0.25, -0.2) is 9.59 Å². The molecule has 0 radical (unpaired) electrons. The lowest BCUT2D eigenvalue weighted by atomic mass is 9.89. The largest absolute Gasteiger partial charge is 0.508 e. The number of hydrogen-bond acceptors (Lipinski definition) is 5. The summed E-state index contributed by atoms with van der Waals surface area (Å²) in [6.45, 7) is 4.90. The second-order valence-electron chi connectivity index (χ2n) is 7.61. The number of esters is 1. The van der Waals surface area contributed by atoms with Crippen LogP contribution in [0.3, 0.4) is 0 Å². The Morgan fingerprint density at radius 2 is 1.59 bits per heavy atom. The van der Waals surface area contributed by atoms with E-state index in [4.69, 9.17) is 27.9 Å². The Bertz CT molecular complexity index is 873. The van der Waals surface area contributed by atoms with Gasteiger partial charge in [-0.05, 0) is 50.6 Å². The van der Waals surface area contributed by atoms with E-state index in [0.717, 1.165) is 0 Å². The molecule has 0 spiro atoms. The summed E-state index contributed by atoms with van der Waals surface area (Å²) in [5.41, 5.74) is -1.99. The van der Waals surface area contributed by atoms with Crippen LogP contribution in [0.5, 0.6) is 5.75 Å². The standard InChI is InChI=1S/C21H23Cl2NO5/c1-20(2,3)29-19(28)21(18(26)27,11-13-7-9-14(25)10-8-13)24-12-15-16(22)5-4-6-17(15)23/h4-10,24-25H,11-12H2,1-3H3,(H,26,27)/t21-/m0/s1. The van der Waals surface area contributed by atoms with Gasteiger partial charge in [-0.2, -0.15) is 0 Å². The number of phenolic OH excluding ortho intramolecular Hbond substituents is 1. The van der Waals surface area contributed by atoms with Gasteiger partial charge < -0.3 is 14.9 Å². The van der Waals surface area contributed by atoms with E-state index in [1.54, 1.807) is 51.1 Å². The molecule has 1 atom stereocenters. The number of carboxylic acids is 1. The fourth-order valence-electron chi connectivity index (χ4n) is 2.67. The lowest BCUT2D eigenvalue weighted by Crippen LogP contribution is -2.61. The molecule has 29 heavy (non-hydrogen) atoms. The Hall–Kier alpha value is -2.28. The van der Waals surface area contributed by atoms with Gasteiger partial charge in [0, 0.05) is 28.6 Å². The van der Waals surface area contributed by atoms with Crippen LogP contribution < -0.4 is 5.32 Å². The van der Waals surface area contributed by atoms with Gasteiger partial charge in [0.2, 0.25) is 5.54 Å². The third-order valence-corrected chi connectivity index (χ3v) is 4.85. The number of carboxylic acid groups (broad SMARTS) is 1. The normalized spacial score (nSPS) is 13.6. The Morgan fingerprint density at radius 1 is 1.03 bits per heavy atom. The zero-order valence-electron chi connectivity index (χ0n) is 16.3. The van der Waals surface area contributed by atoms with Crippen LogP contribution >= 0.6 is 23.2 Å². The first kappa shape index (κ1) is 23.0. The van der Waals surface area contributed by atoms with E-state index < -0.39 is 23.1 Å². The summed E-state index contributed by atoms with van der Waals surface area (Å²) in [5.74, 6) is -2.31. The molecule has 2 rings (SSSR count). The van der Waals surface area contributed by atoms with Gasteiger partial charge >= 0.3 is 11.9 Å². The first-order valence-corrected chi connectivity index (χ1v) is 9.63. The summed E-state index contributed by atoms with van der Waals surface area (Å²) in [4.78, 5) is 25.3. The summed E-state index contributed by atoms with van der Waals surface area (Å²) in [7, 11) is 0. The number of carbonyl (C=O) groups excluding carboxylic acids is 1. The van der Waals surface area contributed by atoms with Gasteiger partial charge in [-0.15, -0.1) is 0 Å². The van der Waals surface area contributed by atoms with Crippen molar-refractivity contribution in [2.75, 3.05) is 0 Å². The molecule has 0 aliphatic carbocycles. The van der Waals surface area contributed by atoms with Gasteiger partial charge in [-0.3, -0.25) is 5.32 Å².